The van der Waals surface area contributed by atoms with Gasteiger partial charge in [0.05, 0.1) is 18.4 Å². The van der Waals surface area contributed by atoms with E-state index < -0.39 is 0 Å². The molecule has 7 nitrogen and oxygen atoms in total. The molecule has 1 N–H and O–H groups in total. The number of fused-ring (bicyclic) bond motifs is 1. The molecular formula is C16H17N5O2S. The molecule has 1 aliphatic heterocycles. The number of amides is 1. The van der Waals surface area contributed by atoms with Crippen LogP contribution in [0.15, 0.2) is 28.2 Å². The molecule has 124 valence electrons. The highest BCUT2D eigenvalue weighted by Crippen LogP contribution is 2.24. The van der Waals surface area contributed by atoms with E-state index in [-0.39, 0.29) is 18.4 Å². The Kier molecular flexibility index (Phi) is 3.89. The van der Waals surface area contributed by atoms with Crippen LogP contribution in [-0.2, 0) is 24.2 Å². The van der Waals surface area contributed by atoms with Gasteiger partial charge in [0.1, 0.15) is 11.6 Å². The number of hydrogen-bond acceptors (Lipinski definition) is 6. The summed E-state index contributed by atoms with van der Waals surface area (Å²) in [7, 11) is 0. The summed E-state index contributed by atoms with van der Waals surface area (Å²) in [6.07, 6.45) is 3.62. The van der Waals surface area contributed by atoms with E-state index in [0.29, 0.717) is 0 Å². The third kappa shape index (κ3) is 2.96. The number of carbonyl (C=O) groups excluding carboxylic acids is 1. The van der Waals surface area contributed by atoms with Gasteiger partial charge in [-0.1, -0.05) is 0 Å². The van der Waals surface area contributed by atoms with E-state index in [1.165, 1.54) is 11.3 Å². The summed E-state index contributed by atoms with van der Waals surface area (Å²) in [4.78, 5) is 16.8. The summed E-state index contributed by atoms with van der Waals surface area (Å²) in [6, 6.07) is 3.81. The number of thiazole rings is 1. The minimum atomic E-state index is -0.00882. The van der Waals surface area contributed by atoms with Crippen molar-refractivity contribution in [2.45, 2.75) is 38.8 Å². The minimum absolute atomic E-state index is 0.00882. The van der Waals surface area contributed by atoms with Gasteiger partial charge in [-0.2, -0.15) is 0 Å². The van der Waals surface area contributed by atoms with Crippen molar-refractivity contribution in [1.82, 2.24) is 25.1 Å². The molecule has 0 bridgehead atoms. The number of nitrogens with zero attached hydrogens (tertiary/aromatic N) is 4. The van der Waals surface area contributed by atoms with Crippen LogP contribution in [0.3, 0.4) is 0 Å². The van der Waals surface area contributed by atoms with Crippen LogP contribution >= 0.6 is 11.3 Å². The molecular weight excluding hydrogens is 326 g/mol. The maximum absolute atomic E-state index is 12.3. The van der Waals surface area contributed by atoms with Crippen LogP contribution < -0.4 is 5.32 Å². The highest BCUT2D eigenvalue weighted by molar-refractivity contribution is 7.13. The van der Waals surface area contributed by atoms with Crippen molar-refractivity contribution in [3.8, 4) is 10.8 Å². The predicted octanol–water partition coefficient (Wildman–Crippen LogP) is 1.98. The van der Waals surface area contributed by atoms with Crippen molar-refractivity contribution in [3.63, 3.8) is 0 Å². The van der Waals surface area contributed by atoms with Crippen molar-refractivity contribution < 1.29 is 9.21 Å². The minimum Gasteiger partial charge on any atom is -0.462 e. The van der Waals surface area contributed by atoms with Crippen molar-refractivity contribution in [3.05, 3.63) is 41.1 Å². The molecule has 4 rings (SSSR count). The fraction of sp³-hybridized carbons (Fsp3) is 0.375. The van der Waals surface area contributed by atoms with Crippen LogP contribution in [0, 0.1) is 6.92 Å². The van der Waals surface area contributed by atoms with Gasteiger partial charge < -0.3 is 14.3 Å². The number of furan rings is 1. The maximum Gasteiger partial charge on any atom is 0.226 e. The lowest BCUT2D eigenvalue weighted by Crippen LogP contribution is -2.41. The number of aromatic nitrogens is 4. The molecule has 0 aromatic carbocycles. The average molecular weight is 343 g/mol. The van der Waals surface area contributed by atoms with E-state index in [9.17, 15) is 4.79 Å². The van der Waals surface area contributed by atoms with E-state index in [1.54, 1.807) is 6.26 Å². The Morgan fingerprint density at radius 3 is 3.25 bits per heavy atom. The second-order valence-electron chi connectivity index (χ2n) is 5.88. The summed E-state index contributed by atoms with van der Waals surface area (Å²) in [6.45, 7) is 2.67. The predicted molar refractivity (Wildman–Crippen MR) is 88.5 cm³/mol. The molecule has 0 fully saturated rings. The Morgan fingerprint density at radius 1 is 1.50 bits per heavy atom. The molecule has 8 heteroatoms. The van der Waals surface area contributed by atoms with E-state index in [2.05, 4.69) is 25.1 Å². The zero-order chi connectivity index (χ0) is 16.5. The Hall–Kier alpha value is -2.48. The van der Waals surface area contributed by atoms with E-state index in [4.69, 9.17) is 4.42 Å². The van der Waals surface area contributed by atoms with Gasteiger partial charge >= 0.3 is 0 Å². The molecule has 0 radical (unpaired) electrons. The molecule has 4 heterocycles. The number of hydrogen-bond donors (Lipinski definition) is 1. The smallest absolute Gasteiger partial charge is 0.226 e. The van der Waals surface area contributed by atoms with Crippen molar-refractivity contribution >= 4 is 17.2 Å². The standard InChI is InChI=1S/C16H17N5O2S/c1-10-19-20-14-5-4-11(8-21(10)14)17-15(22)7-12-9-24-16(18-12)13-3-2-6-23-13/h2-3,6,9,11H,4-5,7-8H2,1H3,(H,17,22). The quantitative estimate of drug-likeness (QED) is 0.783. The van der Waals surface area contributed by atoms with Gasteiger partial charge in [-0.05, 0) is 25.5 Å². The van der Waals surface area contributed by atoms with Crippen LogP contribution in [0.2, 0.25) is 0 Å². The first-order valence-electron chi connectivity index (χ1n) is 7.85. The third-order valence-corrected chi connectivity index (χ3v) is 5.03. The van der Waals surface area contributed by atoms with Crippen LogP contribution in [-0.4, -0.2) is 31.7 Å². The molecule has 24 heavy (non-hydrogen) atoms. The number of carbonyl (C=O) groups is 1. The molecule has 1 amide bonds. The first-order chi connectivity index (χ1) is 11.7. The molecule has 0 spiro atoms. The number of rotatable bonds is 4. The Morgan fingerprint density at radius 2 is 2.42 bits per heavy atom. The topological polar surface area (TPSA) is 85.8 Å². The largest absolute Gasteiger partial charge is 0.462 e. The highest BCUT2D eigenvalue weighted by atomic mass is 32.1. The normalized spacial score (nSPS) is 16.8. The third-order valence-electron chi connectivity index (χ3n) is 4.12. The molecule has 1 atom stereocenters. The van der Waals surface area contributed by atoms with Gasteiger partial charge in [-0.25, -0.2) is 4.98 Å². The van der Waals surface area contributed by atoms with Gasteiger partial charge in [-0.3, -0.25) is 4.79 Å². The molecule has 3 aromatic rings. The summed E-state index contributed by atoms with van der Waals surface area (Å²) in [5.41, 5.74) is 0.765. The molecule has 0 saturated carbocycles. The summed E-state index contributed by atoms with van der Waals surface area (Å²) in [5, 5.41) is 14.0. The lowest BCUT2D eigenvalue weighted by Gasteiger charge is -2.24. The molecule has 0 saturated heterocycles. The van der Waals surface area contributed by atoms with Crippen LogP contribution in [0.5, 0.6) is 0 Å². The number of nitrogens with one attached hydrogen (secondary N) is 1. The van der Waals surface area contributed by atoms with E-state index >= 15 is 0 Å². The van der Waals surface area contributed by atoms with Crippen molar-refractivity contribution in [2.75, 3.05) is 0 Å². The second kappa shape index (κ2) is 6.20. The molecule has 3 aromatic heterocycles. The van der Waals surface area contributed by atoms with E-state index in [0.717, 1.165) is 47.5 Å². The average Bonchev–Trinajstić information content (AvgIpc) is 3.29. The Balaban J connectivity index is 1.37. The Labute approximate surface area is 142 Å². The van der Waals surface area contributed by atoms with Gasteiger partial charge in [-0.15, -0.1) is 21.5 Å². The monoisotopic (exact) mass is 343 g/mol. The summed E-state index contributed by atoms with van der Waals surface area (Å²) < 4.78 is 7.40. The van der Waals surface area contributed by atoms with Gasteiger partial charge in [0.15, 0.2) is 10.8 Å². The summed E-state index contributed by atoms with van der Waals surface area (Å²) in [5.74, 6) is 2.62. The fourth-order valence-electron chi connectivity index (χ4n) is 2.92. The second-order valence-corrected chi connectivity index (χ2v) is 6.73. The van der Waals surface area contributed by atoms with Crippen LogP contribution in [0.1, 0.15) is 23.8 Å². The van der Waals surface area contributed by atoms with Crippen molar-refractivity contribution in [1.29, 1.82) is 0 Å². The van der Waals surface area contributed by atoms with E-state index in [1.807, 2.05) is 24.4 Å². The fourth-order valence-corrected chi connectivity index (χ4v) is 3.71. The summed E-state index contributed by atoms with van der Waals surface area (Å²) >= 11 is 1.48. The van der Waals surface area contributed by atoms with Gasteiger partial charge in [0.2, 0.25) is 5.91 Å². The van der Waals surface area contributed by atoms with Gasteiger partial charge in [0.25, 0.3) is 0 Å². The van der Waals surface area contributed by atoms with Crippen LogP contribution in [0.4, 0.5) is 0 Å². The zero-order valence-corrected chi connectivity index (χ0v) is 14.0. The first kappa shape index (κ1) is 15.1. The SMILES string of the molecule is Cc1nnc2n1CC(NC(=O)Cc1csc(-c3ccco3)n1)CC2. The Bertz CT molecular complexity index is 852. The highest BCUT2D eigenvalue weighted by Gasteiger charge is 2.23. The molecule has 0 aliphatic carbocycles. The van der Waals surface area contributed by atoms with Crippen LogP contribution in [0.25, 0.3) is 10.8 Å². The van der Waals surface area contributed by atoms with Gasteiger partial charge in [0, 0.05) is 24.4 Å². The number of aryl methyl sites for hydroxylation is 2. The lowest BCUT2D eigenvalue weighted by atomic mass is 10.1. The first-order valence-corrected chi connectivity index (χ1v) is 8.73. The lowest BCUT2D eigenvalue weighted by molar-refractivity contribution is -0.121. The van der Waals surface area contributed by atoms with Crippen molar-refractivity contribution in [2.24, 2.45) is 0 Å². The molecule has 1 unspecified atom stereocenters. The molecule has 1 aliphatic rings. The maximum atomic E-state index is 12.3. The zero-order valence-electron chi connectivity index (χ0n) is 13.2.